The molecule has 0 atom stereocenters. The third-order valence-electron chi connectivity index (χ3n) is 4.90. The van der Waals surface area contributed by atoms with Crippen LogP contribution >= 0.6 is 11.8 Å². The fourth-order valence-electron chi connectivity index (χ4n) is 3.43. The van der Waals surface area contributed by atoms with Gasteiger partial charge in [-0.1, -0.05) is 48.2 Å². The molecule has 4 aromatic heterocycles. The number of nitrogens with zero attached hydrogens (tertiary/aromatic N) is 6. The average Bonchev–Trinajstić information content (AvgIpc) is 3.38. The molecule has 0 aliphatic heterocycles. The SMILES string of the molecule is Cc1cccn2cc(CSc3nnc(-c4cccnc4)n3Cc3ccccc3)nc12. The van der Waals surface area contributed by atoms with E-state index in [1.54, 1.807) is 18.0 Å². The van der Waals surface area contributed by atoms with Crippen LogP contribution < -0.4 is 0 Å². The number of imidazole rings is 1. The van der Waals surface area contributed by atoms with Gasteiger partial charge in [-0.2, -0.15) is 0 Å². The van der Waals surface area contributed by atoms with Gasteiger partial charge in [0.1, 0.15) is 5.65 Å². The molecule has 0 radical (unpaired) electrons. The fraction of sp³-hybridized carbons (Fsp3) is 0.130. The molecule has 7 heteroatoms. The molecular formula is C23H20N6S. The number of pyridine rings is 2. The number of aryl methyl sites for hydroxylation is 1. The molecule has 4 heterocycles. The maximum Gasteiger partial charge on any atom is 0.192 e. The lowest BCUT2D eigenvalue weighted by atomic mass is 10.2. The first-order valence-corrected chi connectivity index (χ1v) is 10.7. The van der Waals surface area contributed by atoms with E-state index in [1.807, 2.05) is 36.7 Å². The Morgan fingerprint density at radius 2 is 1.87 bits per heavy atom. The van der Waals surface area contributed by atoms with Crippen molar-refractivity contribution in [2.75, 3.05) is 0 Å². The molecule has 1 aromatic carbocycles. The topological polar surface area (TPSA) is 60.9 Å². The summed E-state index contributed by atoms with van der Waals surface area (Å²) < 4.78 is 4.22. The number of fused-ring (bicyclic) bond motifs is 1. The van der Waals surface area contributed by atoms with Crippen LogP contribution in [0.25, 0.3) is 17.0 Å². The van der Waals surface area contributed by atoms with Crippen molar-refractivity contribution in [2.24, 2.45) is 0 Å². The zero-order chi connectivity index (χ0) is 20.3. The van der Waals surface area contributed by atoms with E-state index in [2.05, 4.69) is 67.6 Å². The van der Waals surface area contributed by atoms with Crippen LogP contribution in [0.5, 0.6) is 0 Å². The molecule has 0 spiro atoms. The van der Waals surface area contributed by atoms with Crippen molar-refractivity contribution in [3.05, 3.63) is 96.2 Å². The number of aromatic nitrogens is 6. The van der Waals surface area contributed by atoms with Crippen LogP contribution in [0.1, 0.15) is 16.8 Å². The molecule has 0 amide bonds. The maximum absolute atomic E-state index is 4.78. The molecule has 0 saturated heterocycles. The van der Waals surface area contributed by atoms with Crippen molar-refractivity contribution >= 4 is 17.4 Å². The summed E-state index contributed by atoms with van der Waals surface area (Å²) in [4.78, 5) is 9.02. The molecule has 0 unspecified atom stereocenters. The van der Waals surface area contributed by atoms with Crippen LogP contribution in [0.15, 0.2) is 84.5 Å². The molecule has 148 valence electrons. The highest BCUT2D eigenvalue weighted by Gasteiger charge is 2.16. The van der Waals surface area contributed by atoms with E-state index in [-0.39, 0.29) is 0 Å². The summed E-state index contributed by atoms with van der Waals surface area (Å²) in [6.07, 6.45) is 7.70. The van der Waals surface area contributed by atoms with Gasteiger partial charge in [0, 0.05) is 36.1 Å². The number of benzene rings is 1. The lowest BCUT2D eigenvalue weighted by Crippen LogP contribution is -2.04. The third kappa shape index (κ3) is 3.71. The van der Waals surface area contributed by atoms with Crippen molar-refractivity contribution in [3.63, 3.8) is 0 Å². The molecular weight excluding hydrogens is 392 g/mol. The van der Waals surface area contributed by atoms with Gasteiger partial charge in [-0.15, -0.1) is 10.2 Å². The van der Waals surface area contributed by atoms with Gasteiger partial charge in [-0.05, 0) is 36.2 Å². The Kier molecular flexibility index (Phi) is 5.03. The van der Waals surface area contributed by atoms with E-state index in [1.165, 1.54) is 11.1 Å². The zero-order valence-electron chi connectivity index (χ0n) is 16.5. The molecule has 6 nitrogen and oxygen atoms in total. The van der Waals surface area contributed by atoms with Crippen LogP contribution in [0, 0.1) is 6.92 Å². The molecule has 0 aliphatic rings. The van der Waals surface area contributed by atoms with E-state index < -0.39 is 0 Å². The highest BCUT2D eigenvalue weighted by molar-refractivity contribution is 7.98. The Hall–Kier alpha value is -3.45. The molecule has 30 heavy (non-hydrogen) atoms. The summed E-state index contributed by atoms with van der Waals surface area (Å²) in [7, 11) is 0. The number of hydrogen-bond donors (Lipinski definition) is 0. The summed E-state index contributed by atoms with van der Waals surface area (Å²) >= 11 is 1.65. The van der Waals surface area contributed by atoms with Gasteiger partial charge in [0.05, 0.1) is 12.2 Å². The second kappa shape index (κ2) is 8.12. The zero-order valence-corrected chi connectivity index (χ0v) is 17.3. The predicted molar refractivity (Wildman–Crippen MR) is 118 cm³/mol. The average molecular weight is 413 g/mol. The van der Waals surface area contributed by atoms with Gasteiger partial charge >= 0.3 is 0 Å². The van der Waals surface area contributed by atoms with Crippen LogP contribution in [-0.2, 0) is 12.3 Å². The first-order valence-electron chi connectivity index (χ1n) is 9.71. The first-order chi connectivity index (χ1) is 14.8. The molecule has 0 aliphatic carbocycles. The maximum atomic E-state index is 4.78. The van der Waals surface area contributed by atoms with Crippen LogP contribution in [0.3, 0.4) is 0 Å². The van der Waals surface area contributed by atoms with Crippen molar-refractivity contribution in [3.8, 4) is 11.4 Å². The molecule has 5 aromatic rings. The highest BCUT2D eigenvalue weighted by atomic mass is 32.2. The summed E-state index contributed by atoms with van der Waals surface area (Å²) in [5.41, 5.74) is 5.34. The number of thioether (sulfide) groups is 1. The van der Waals surface area contributed by atoms with E-state index in [4.69, 9.17) is 4.98 Å². The van der Waals surface area contributed by atoms with Gasteiger partial charge < -0.3 is 4.40 Å². The van der Waals surface area contributed by atoms with Crippen LogP contribution in [0.2, 0.25) is 0 Å². The molecule has 0 saturated carbocycles. The van der Waals surface area contributed by atoms with Crippen molar-refractivity contribution in [1.29, 1.82) is 0 Å². The van der Waals surface area contributed by atoms with Crippen LogP contribution in [0.4, 0.5) is 0 Å². The molecule has 5 rings (SSSR count). The monoisotopic (exact) mass is 412 g/mol. The Morgan fingerprint density at radius 1 is 0.967 bits per heavy atom. The summed E-state index contributed by atoms with van der Waals surface area (Å²) in [5, 5.41) is 9.83. The lowest BCUT2D eigenvalue weighted by Gasteiger charge is -2.10. The Morgan fingerprint density at radius 3 is 2.67 bits per heavy atom. The van der Waals surface area contributed by atoms with Gasteiger partial charge in [0.25, 0.3) is 0 Å². The van der Waals surface area contributed by atoms with Crippen molar-refractivity contribution in [1.82, 2.24) is 29.1 Å². The molecule has 0 N–H and O–H groups in total. The minimum Gasteiger partial charge on any atom is -0.307 e. The second-order valence-corrected chi connectivity index (χ2v) is 8.01. The number of rotatable bonds is 6. The highest BCUT2D eigenvalue weighted by Crippen LogP contribution is 2.27. The normalized spacial score (nSPS) is 11.2. The van der Waals surface area contributed by atoms with Crippen LogP contribution in [-0.4, -0.2) is 29.1 Å². The minimum absolute atomic E-state index is 0.699. The molecule has 0 bridgehead atoms. The summed E-state index contributed by atoms with van der Waals surface area (Å²) in [6, 6.07) is 18.4. The van der Waals surface area contributed by atoms with E-state index in [0.29, 0.717) is 6.54 Å². The Labute approximate surface area is 178 Å². The van der Waals surface area contributed by atoms with Gasteiger partial charge in [-0.25, -0.2) is 4.98 Å². The summed E-state index contributed by atoms with van der Waals surface area (Å²) in [5.74, 6) is 1.54. The van der Waals surface area contributed by atoms with Crippen molar-refractivity contribution < 1.29 is 0 Å². The van der Waals surface area contributed by atoms with E-state index in [9.17, 15) is 0 Å². The van der Waals surface area contributed by atoms with E-state index in [0.717, 1.165) is 33.6 Å². The Bertz CT molecular complexity index is 1280. The second-order valence-electron chi connectivity index (χ2n) is 7.06. The smallest absolute Gasteiger partial charge is 0.192 e. The lowest BCUT2D eigenvalue weighted by molar-refractivity contribution is 0.714. The van der Waals surface area contributed by atoms with Gasteiger partial charge in [0.2, 0.25) is 0 Å². The number of hydrogen-bond acceptors (Lipinski definition) is 5. The van der Waals surface area contributed by atoms with Crippen molar-refractivity contribution in [2.45, 2.75) is 24.4 Å². The van der Waals surface area contributed by atoms with Gasteiger partial charge in [-0.3, -0.25) is 9.55 Å². The minimum atomic E-state index is 0.699. The third-order valence-corrected chi connectivity index (χ3v) is 5.90. The fourth-order valence-corrected chi connectivity index (χ4v) is 4.25. The largest absolute Gasteiger partial charge is 0.307 e. The quantitative estimate of drug-likeness (QED) is 0.380. The Balaban J connectivity index is 1.46. The van der Waals surface area contributed by atoms with Gasteiger partial charge in [0.15, 0.2) is 11.0 Å². The first kappa shape index (κ1) is 18.6. The standard InChI is InChI=1S/C23H20N6S/c1-17-7-6-12-28-15-20(25-21(17)28)16-30-23-27-26-22(19-10-5-11-24-13-19)29(23)14-18-8-3-2-4-9-18/h2-13,15H,14,16H2,1H3. The molecule has 0 fully saturated rings. The summed E-state index contributed by atoms with van der Waals surface area (Å²) in [6.45, 7) is 2.78. The van der Waals surface area contributed by atoms with E-state index >= 15 is 0 Å². The predicted octanol–water partition coefficient (Wildman–Crippen LogP) is 4.64.